The number of carbonyl (C=O) groups is 1. The number of anilines is 1. The molecule has 0 bridgehead atoms. The monoisotopic (exact) mass is 430 g/mol. The van der Waals surface area contributed by atoms with Crippen LogP contribution >= 0.6 is 23.2 Å². The Morgan fingerprint density at radius 2 is 1.86 bits per heavy atom. The van der Waals surface area contributed by atoms with Crippen molar-refractivity contribution in [3.05, 3.63) is 76.7 Å². The minimum Gasteiger partial charge on any atom is -0.334 e. The molecule has 0 spiro atoms. The van der Waals surface area contributed by atoms with E-state index in [4.69, 9.17) is 27.7 Å². The molecule has 0 fully saturated rings. The van der Waals surface area contributed by atoms with Crippen LogP contribution in [-0.4, -0.2) is 20.6 Å². The van der Waals surface area contributed by atoms with E-state index in [1.807, 2.05) is 0 Å². The zero-order chi connectivity index (χ0) is 20.4. The molecule has 4 rings (SSSR count). The van der Waals surface area contributed by atoms with Crippen molar-refractivity contribution in [1.29, 1.82) is 0 Å². The van der Waals surface area contributed by atoms with Gasteiger partial charge in [-0.1, -0.05) is 28.4 Å². The molecule has 0 aliphatic rings. The molecular weight excluding hydrogens is 418 g/mol. The second kappa shape index (κ2) is 8.06. The number of aromatic nitrogens is 3. The fourth-order valence-electron chi connectivity index (χ4n) is 2.73. The van der Waals surface area contributed by atoms with Crippen LogP contribution in [0.2, 0.25) is 10.0 Å². The van der Waals surface area contributed by atoms with E-state index in [0.717, 1.165) is 11.6 Å². The Morgan fingerprint density at radius 3 is 2.62 bits per heavy atom. The van der Waals surface area contributed by atoms with Crippen LogP contribution in [0, 0.1) is 5.82 Å². The molecule has 146 valence electrons. The van der Waals surface area contributed by atoms with Gasteiger partial charge in [-0.15, -0.1) is 0 Å². The van der Waals surface area contributed by atoms with Gasteiger partial charge in [-0.2, -0.15) is 4.98 Å². The van der Waals surface area contributed by atoms with Gasteiger partial charge in [0.2, 0.25) is 11.7 Å². The third-order valence-corrected chi connectivity index (χ3v) is 4.58. The third kappa shape index (κ3) is 4.31. The molecule has 1 N–H and O–H groups in total. The van der Waals surface area contributed by atoms with E-state index >= 15 is 0 Å². The maximum absolute atomic E-state index is 13.9. The van der Waals surface area contributed by atoms with Crippen molar-refractivity contribution in [2.24, 2.45) is 0 Å². The molecule has 0 saturated carbocycles. The standard InChI is InChI=1S/C20H13Cl2FN4O2/c21-13-5-3-12(4-6-13)19-25-20(29-26-19)17-2-1-9-27(17)11-18(28)24-16-8-7-14(22)10-15(16)23/h1-10H,11H2,(H,24,28). The van der Waals surface area contributed by atoms with Crippen molar-refractivity contribution in [1.82, 2.24) is 14.7 Å². The summed E-state index contributed by atoms with van der Waals surface area (Å²) in [5.74, 6) is -0.369. The third-order valence-electron chi connectivity index (χ3n) is 4.10. The van der Waals surface area contributed by atoms with E-state index in [-0.39, 0.29) is 23.1 Å². The highest BCUT2D eigenvalue weighted by molar-refractivity contribution is 6.30. The van der Waals surface area contributed by atoms with Crippen LogP contribution in [0.1, 0.15) is 0 Å². The Balaban J connectivity index is 1.51. The Hall–Kier alpha value is -3.16. The lowest BCUT2D eigenvalue weighted by molar-refractivity contribution is -0.116. The van der Waals surface area contributed by atoms with Gasteiger partial charge in [0.05, 0.1) is 5.69 Å². The first kappa shape index (κ1) is 19.2. The Labute approximate surface area is 174 Å². The number of carbonyl (C=O) groups excluding carboxylic acids is 1. The molecule has 6 nitrogen and oxygen atoms in total. The summed E-state index contributed by atoms with van der Waals surface area (Å²) in [7, 11) is 0. The predicted octanol–water partition coefficient (Wildman–Crippen LogP) is 5.29. The first-order valence-corrected chi connectivity index (χ1v) is 9.25. The number of halogens is 3. The molecule has 2 aromatic carbocycles. The fourth-order valence-corrected chi connectivity index (χ4v) is 3.01. The van der Waals surface area contributed by atoms with E-state index < -0.39 is 11.7 Å². The van der Waals surface area contributed by atoms with Crippen molar-refractivity contribution in [3.63, 3.8) is 0 Å². The van der Waals surface area contributed by atoms with Crippen molar-refractivity contribution in [2.45, 2.75) is 6.54 Å². The smallest absolute Gasteiger partial charge is 0.274 e. The number of nitrogens with zero attached hydrogens (tertiary/aromatic N) is 3. The molecule has 9 heteroatoms. The summed E-state index contributed by atoms with van der Waals surface area (Å²) in [5, 5.41) is 7.35. The molecule has 2 aromatic heterocycles. The molecule has 0 aliphatic heterocycles. The lowest BCUT2D eigenvalue weighted by Crippen LogP contribution is -2.19. The average Bonchev–Trinajstić information content (AvgIpc) is 3.34. The molecule has 29 heavy (non-hydrogen) atoms. The van der Waals surface area contributed by atoms with Crippen molar-refractivity contribution in [2.75, 3.05) is 5.32 Å². The van der Waals surface area contributed by atoms with Gasteiger partial charge in [0.25, 0.3) is 5.89 Å². The lowest BCUT2D eigenvalue weighted by Gasteiger charge is -2.09. The van der Waals surface area contributed by atoms with Crippen molar-refractivity contribution < 1.29 is 13.7 Å². The van der Waals surface area contributed by atoms with Crippen LogP contribution in [0.4, 0.5) is 10.1 Å². The Kier molecular flexibility index (Phi) is 5.33. The maximum atomic E-state index is 13.9. The number of amides is 1. The largest absolute Gasteiger partial charge is 0.334 e. The van der Waals surface area contributed by atoms with Gasteiger partial charge in [-0.25, -0.2) is 4.39 Å². The first-order valence-electron chi connectivity index (χ1n) is 8.49. The van der Waals surface area contributed by atoms with Crippen LogP contribution in [0.25, 0.3) is 23.0 Å². The van der Waals surface area contributed by atoms with Crippen LogP contribution in [0.5, 0.6) is 0 Å². The van der Waals surface area contributed by atoms with E-state index in [1.54, 1.807) is 47.2 Å². The van der Waals surface area contributed by atoms with Gasteiger partial charge in [-0.05, 0) is 54.6 Å². The summed E-state index contributed by atoms with van der Waals surface area (Å²) in [5.41, 5.74) is 1.36. The highest BCUT2D eigenvalue weighted by atomic mass is 35.5. The summed E-state index contributed by atoms with van der Waals surface area (Å²) >= 11 is 11.6. The number of hydrogen-bond donors (Lipinski definition) is 1. The highest BCUT2D eigenvalue weighted by Gasteiger charge is 2.16. The first-order chi connectivity index (χ1) is 14.0. The van der Waals surface area contributed by atoms with E-state index in [9.17, 15) is 9.18 Å². The van der Waals surface area contributed by atoms with Gasteiger partial charge >= 0.3 is 0 Å². The zero-order valence-corrected chi connectivity index (χ0v) is 16.3. The van der Waals surface area contributed by atoms with Gasteiger partial charge < -0.3 is 14.4 Å². The molecule has 0 saturated heterocycles. The molecule has 2 heterocycles. The highest BCUT2D eigenvalue weighted by Crippen LogP contribution is 2.24. The number of hydrogen-bond acceptors (Lipinski definition) is 4. The minimum absolute atomic E-state index is 0.0518. The van der Waals surface area contributed by atoms with Gasteiger partial charge in [0.15, 0.2) is 0 Å². The maximum Gasteiger partial charge on any atom is 0.274 e. The molecule has 0 radical (unpaired) electrons. The molecule has 0 atom stereocenters. The van der Waals surface area contributed by atoms with Crippen LogP contribution < -0.4 is 5.32 Å². The fraction of sp³-hybridized carbons (Fsp3) is 0.0500. The zero-order valence-electron chi connectivity index (χ0n) is 14.8. The second-order valence-electron chi connectivity index (χ2n) is 6.12. The number of nitrogens with one attached hydrogen (secondary N) is 1. The van der Waals surface area contributed by atoms with E-state index in [2.05, 4.69) is 15.5 Å². The lowest BCUT2D eigenvalue weighted by atomic mass is 10.2. The van der Waals surface area contributed by atoms with Crippen LogP contribution in [-0.2, 0) is 11.3 Å². The Bertz CT molecular complexity index is 1170. The van der Waals surface area contributed by atoms with Gasteiger partial charge in [0.1, 0.15) is 18.1 Å². The topological polar surface area (TPSA) is 73.0 Å². The average molecular weight is 431 g/mol. The predicted molar refractivity (Wildman–Crippen MR) is 108 cm³/mol. The molecule has 0 unspecified atom stereocenters. The minimum atomic E-state index is -0.608. The number of benzene rings is 2. The normalized spacial score (nSPS) is 10.9. The molecule has 1 amide bonds. The van der Waals surface area contributed by atoms with Crippen LogP contribution in [0.15, 0.2) is 65.3 Å². The SMILES string of the molecule is O=C(Cn1cccc1-c1nc(-c2ccc(Cl)cc2)no1)Nc1ccc(Cl)cc1F. The Morgan fingerprint density at radius 1 is 1.10 bits per heavy atom. The molecule has 4 aromatic rings. The summed E-state index contributed by atoms with van der Waals surface area (Å²) in [6.45, 7) is -0.0664. The quantitative estimate of drug-likeness (QED) is 0.466. The van der Waals surface area contributed by atoms with E-state index in [1.165, 1.54) is 12.1 Å². The summed E-state index contributed by atoms with van der Waals surface area (Å²) in [6, 6.07) is 14.6. The van der Waals surface area contributed by atoms with Gasteiger partial charge in [0, 0.05) is 21.8 Å². The van der Waals surface area contributed by atoms with Crippen molar-refractivity contribution in [3.8, 4) is 23.0 Å². The number of rotatable bonds is 5. The summed E-state index contributed by atoms with van der Waals surface area (Å²) < 4.78 is 20.8. The second-order valence-corrected chi connectivity index (χ2v) is 7.00. The summed E-state index contributed by atoms with van der Waals surface area (Å²) in [6.07, 6.45) is 1.69. The molecule has 0 aliphatic carbocycles. The van der Waals surface area contributed by atoms with E-state index in [0.29, 0.717) is 16.5 Å². The molecular formula is C20H13Cl2FN4O2. The summed E-state index contributed by atoms with van der Waals surface area (Å²) in [4.78, 5) is 16.7. The van der Waals surface area contributed by atoms with Gasteiger partial charge in [-0.3, -0.25) is 4.79 Å². The van der Waals surface area contributed by atoms with Crippen molar-refractivity contribution >= 4 is 34.8 Å². The van der Waals surface area contributed by atoms with Crippen LogP contribution in [0.3, 0.4) is 0 Å².